The van der Waals surface area contributed by atoms with Crippen molar-refractivity contribution < 1.29 is 9.18 Å². The summed E-state index contributed by atoms with van der Waals surface area (Å²) in [5.74, 6) is 5.18. The maximum atomic E-state index is 13.9. The van der Waals surface area contributed by atoms with Crippen LogP contribution in [0.1, 0.15) is 28.8 Å². The molecule has 19 heavy (non-hydrogen) atoms. The highest BCUT2D eigenvalue weighted by Gasteiger charge is 2.26. The summed E-state index contributed by atoms with van der Waals surface area (Å²) < 4.78 is 13.9. The molecule has 1 amide bonds. The van der Waals surface area contributed by atoms with Crippen molar-refractivity contribution >= 4 is 5.91 Å². The number of carbonyl (C=O) groups excluding carboxylic acids is 1. The summed E-state index contributed by atoms with van der Waals surface area (Å²) in [7, 11) is 1.71. The second kappa shape index (κ2) is 5.85. The molecule has 1 aliphatic rings. The number of halogens is 1. The van der Waals surface area contributed by atoms with Gasteiger partial charge in [0.15, 0.2) is 0 Å². The number of hydrogen-bond donors (Lipinski definition) is 1. The fourth-order valence-corrected chi connectivity index (χ4v) is 1.90. The van der Waals surface area contributed by atoms with Crippen LogP contribution in [-0.2, 0) is 0 Å². The van der Waals surface area contributed by atoms with Crippen LogP contribution in [0.15, 0.2) is 18.2 Å². The minimum atomic E-state index is -0.531. The molecule has 0 radical (unpaired) electrons. The fourth-order valence-electron chi connectivity index (χ4n) is 1.90. The monoisotopic (exact) mass is 260 g/mol. The van der Waals surface area contributed by atoms with E-state index in [9.17, 15) is 9.18 Å². The summed E-state index contributed by atoms with van der Waals surface area (Å²) in [4.78, 5) is 13.7. The van der Waals surface area contributed by atoms with Crippen molar-refractivity contribution in [3.63, 3.8) is 0 Å². The summed E-state index contributed by atoms with van der Waals surface area (Å²) in [5.41, 5.74) is 5.89. The molecule has 1 aromatic rings. The Labute approximate surface area is 112 Å². The van der Waals surface area contributed by atoms with Gasteiger partial charge in [-0.05, 0) is 37.0 Å². The highest BCUT2D eigenvalue weighted by molar-refractivity contribution is 5.94. The van der Waals surface area contributed by atoms with Crippen LogP contribution in [0.5, 0.6) is 0 Å². The molecule has 4 heteroatoms. The maximum Gasteiger partial charge on any atom is 0.256 e. The van der Waals surface area contributed by atoms with Crippen LogP contribution < -0.4 is 5.73 Å². The van der Waals surface area contributed by atoms with Gasteiger partial charge in [0, 0.05) is 19.2 Å². The van der Waals surface area contributed by atoms with Crippen LogP contribution in [-0.4, -0.2) is 30.9 Å². The molecule has 1 aromatic carbocycles. The topological polar surface area (TPSA) is 46.3 Å². The summed E-state index contributed by atoms with van der Waals surface area (Å²) in [5, 5.41) is 0. The molecule has 3 nitrogen and oxygen atoms in total. The van der Waals surface area contributed by atoms with E-state index in [1.807, 2.05) is 0 Å². The first-order chi connectivity index (χ1) is 9.11. The minimum Gasteiger partial charge on any atom is -0.341 e. The smallest absolute Gasteiger partial charge is 0.256 e. The molecule has 0 spiro atoms. The predicted molar refractivity (Wildman–Crippen MR) is 72.0 cm³/mol. The lowest BCUT2D eigenvalue weighted by Crippen LogP contribution is -2.29. The van der Waals surface area contributed by atoms with E-state index in [2.05, 4.69) is 11.8 Å². The van der Waals surface area contributed by atoms with Crippen LogP contribution in [0, 0.1) is 23.6 Å². The molecule has 2 rings (SSSR count). The van der Waals surface area contributed by atoms with Crippen molar-refractivity contribution in [2.75, 3.05) is 20.1 Å². The highest BCUT2D eigenvalue weighted by atomic mass is 19.1. The first-order valence-corrected chi connectivity index (χ1v) is 6.35. The lowest BCUT2D eigenvalue weighted by molar-refractivity contribution is 0.0784. The lowest BCUT2D eigenvalue weighted by atomic mass is 10.1. The third kappa shape index (κ3) is 3.55. The zero-order valence-electron chi connectivity index (χ0n) is 10.9. The number of nitrogens with two attached hydrogens (primary N) is 1. The van der Waals surface area contributed by atoms with Crippen molar-refractivity contribution in [3.05, 3.63) is 35.1 Å². The van der Waals surface area contributed by atoms with E-state index < -0.39 is 5.82 Å². The van der Waals surface area contributed by atoms with Gasteiger partial charge in [0.1, 0.15) is 5.82 Å². The molecule has 1 saturated carbocycles. The molecule has 1 aliphatic carbocycles. The highest BCUT2D eigenvalue weighted by Crippen LogP contribution is 2.29. The van der Waals surface area contributed by atoms with Gasteiger partial charge in [-0.2, -0.15) is 0 Å². The van der Waals surface area contributed by atoms with Crippen LogP contribution >= 0.6 is 0 Å². The quantitative estimate of drug-likeness (QED) is 0.839. The number of nitrogens with zero attached hydrogens (tertiary/aromatic N) is 1. The molecule has 100 valence electrons. The van der Waals surface area contributed by atoms with Crippen molar-refractivity contribution in [3.8, 4) is 11.8 Å². The van der Waals surface area contributed by atoms with Gasteiger partial charge in [-0.15, -0.1) is 0 Å². The average Bonchev–Trinajstić information content (AvgIpc) is 3.19. The standard InChI is InChI=1S/C15H17FN2O/c1-18(10-12-4-5-12)15(19)13-7-6-11(3-2-8-17)9-14(13)16/h6-7,9,12H,4-5,8,10,17H2,1H3. The van der Waals surface area contributed by atoms with Crippen LogP contribution in [0.4, 0.5) is 4.39 Å². The Hall–Kier alpha value is -1.86. The zero-order valence-corrected chi connectivity index (χ0v) is 10.9. The number of amides is 1. The fraction of sp³-hybridized carbons (Fsp3) is 0.400. The van der Waals surface area contributed by atoms with Crippen molar-refractivity contribution in [1.29, 1.82) is 0 Å². The molecule has 2 N–H and O–H groups in total. The van der Waals surface area contributed by atoms with Gasteiger partial charge in [0.05, 0.1) is 12.1 Å². The zero-order chi connectivity index (χ0) is 13.8. The molecule has 1 fully saturated rings. The van der Waals surface area contributed by atoms with Gasteiger partial charge < -0.3 is 10.6 Å². The van der Waals surface area contributed by atoms with E-state index >= 15 is 0 Å². The lowest BCUT2D eigenvalue weighted by Gasteiger charge is -2.17. The number of hydrogen-bond acceptors (Lipinski definition) is 2. The molecule has 0 bridgehead atoms. The second-order valence-corrected chi connectivity index (χ2v) is 4.83. The largest absolute Gasteiger partial charge is 0.341 e. The van der Waals surface area contributed by atoms with Gasteiger partial charge in [-0.3, -0.25) is 4.79 Å². The van der Waals surface area contributed by atoms with E-state index in [1.54, 1.807) is 18.0 Å². The second-order valence-electron chi connectivity index (χ2n) is 4.83. The molecule has 0 aliphatic heterocycles. The summed E-state index contributed by atoms with van der Waals surface area (Å²) in [6.07, 6.45) is 2.32. The third-order valence-corrected chi connectivity index (χ3v) is 3.11. The Morgan fingerprint density at radius 3 is 2.84 bits per heavy atom. The predicted octanol–water partition coefficient (Wildman–Crippen LogP) is 1.62. The average molecular weight is 260 g/mol. The summed E-state index contributed by atoms with van der Waals surface area (Å²) >= 11 is 0. The molecule has 0 aromatic heterocycles. The normalized spacial score (nSPS) is 13.6. The Morgan fingerprint density at radius 2 is 2.26 bits per heavy atom. The van der Waals surface area contributed by atoms with E-state index in [-0.39, 0.29) is 18.0 Å². The Bertz CT molecular complexity index is 541. The van der Waals surface area contributed by atoms with Gasteiger partial charge in [-0.25, -0.2) is 4.39 Å². The Balaban J connectivity index is 2.12. The Kier molecular flexibility index (Phi) is 4.18. The van der Waals surface area contributed by atoms with Gasteiger partial charge >= 0.3 is 0 Å². The third-order valence-electron chi connectivity index (χ3n) is 3.11. The minimum absolute atomic E-state index is 0.0986. The SMILES string of the molecule is CN(CC1CC1)C(=O)c1ccc(C#CCN)cc1F. The van der Waals surface area contributed by atoms with E-state index in [0.717, 1.165) is 12.8 Å². The molecular weight excluding hydrogens is 243 g/mol. The number of rotatable bonds is 3. The number of benzene rings is 1. The molecule has 0 saturated heterocycles. The maximum absolute atomic E-state index is 13.9. The van der Waals surface area contributed by atoms with Crippen molar-refractivity contribution in [2.45, 2.75) is 12.8 Å². The van der Waals surface area contributed by atoms with Gasteiger partial charge in [0.25, 0.3) is 5.91 Å². The van der Waals surface area contributed by atoms with Crippen molar-refractivity contribution in [2.24, 2.45) is 11.7 Å². The van der Waals surface area contributed by atoms with Crippen LogP contribution in [0.2, 0.25) is 0 Å². The molecule has 0 unspecified atom stereocenters. The molecule has 0 heterocycles. The number of carbonyl (C=O) groups is 1. The summed E-state index contributed by atoms with van der Waals surface area (Å²) in [6.45, 7) is 0.930. The Morgan fingerprint density at radius 1 is 1.53 bits per heavy atom. The van der Waals surface area contributed by atoms with Gasteiger partial charge in [0.2, 0.25) is 0 Å². The van der Waals surface area contributed by atoms with E-state index in [1.165, 1.54) is 12.1 Å². The van der Waals surface area contributed by atoms with Crippen LogP contribution in [0.25, 0.3) is 0 Å². The van der Waals surface area contributed by atoms with Crippen LogP contribution in [0.3, 0.4) is 0 Å². The van der Waals surface area contributed by atoms with E-state index in [0.29, 0.717) is 18.0 Å². The molecule has 0 atom stereocenters. The molecular formula is C15H17FN2O. The van der Waals surface area contributed by atoms with Gasteiger partial charge in [-0.1, -0.05) is 11.8 Å². The van der Waals surface area contributed by atoms with Crippen molar-refractivity contribution in [1.82, 2.24) is 4.90 Å². The first kappa shape index (κ1) is 13.6. The first-order valence-electron chi connectivity index (χ1n) is 6.35. The van der Waals surface area contributed by atoms with E-state index in [4.69, 9.17) is 5.73 Å². The summed E-state index contributed by atoms with van der Waals surface area (Å²) in [6, 6.07) is 4.41.